The molecule has 0 radical (unpaired) electrons. The Morgan fingerprint density at radius 1 is 1.50 bits per heavy atom. The summed E-state index contributed by atoms with van der Waals surface area (Å²) in [4.78, 5) is 21.6. The first kappa shape index (κ1) is 12.8. The van der Waals surface area contributed by atoms with Gasteiger partial charge in [0.25, 0.3) is 0 Å². The Hall–Kier alpha value is -1.65. The summed E-state index contributed by atoms with van der Waals surface area (Å²) in [7, 11) is 0. The fraction of sp³-hybridized carbons (Fsp3) is 0.615. The summed E-state index contributed by atoms with van der Waals surface area (Å²) >= 11 is 0. The topological polar surface area (TPSA) is 66.3 Å². The molecule has 1 atom stereocenters. The van der Waals surface area contributed by atoms with E-state index < -0.39 is 5.97 Å². The minimum Gasteiger partial charge on any atom is -0.481 e. The number of hydrogen-bond donors (Lipinski definition) is 1. The molecule has 0 amide bonds. The van der Waals surface area contributed by atoms with Crippen LogP contribution in [-0.4, -0.2) is 34.1 Å². The lowest BCUT2D eigenvalue weighted by molar-refractivity contribution is -0.141. The van der Waals surface area contributed by atoms with Crippen LogP contribution in [0.1, 0.15) is 38.3 Å². The first-order valence-electron chi connectivity index (χ1n) is 6.37. The van der Waals surface area contributed by atoms with E-state index in [0.29, 0.717) is 12.5 Å². The minimum atomic E-state index is -0.710. The molecule has 5 nitrogen and oxygen atoms in total. The van der Waals surface area contributed by atoms with E-state index in [1.807, 2.05) is 6.07 Å². The van der Waals surface area contributed by atoms with Crippen molar-refractivity contribution in [1.82, 2.24) is 9.97 Å². The lowest BCUT2D eigenvalue weighted by Gasteiger charge is -2.31. The first-order chi connectivity index (χ1) is 8.58. The second kappa shape index (κ2) is 5.33. The first-order valence-corrected chi connectivity index (χ1v) is 6.37. The standard InChI is InChI=1S/C13H19N3O2/c1-9(2)11-6-12(15-8-14-11)16-5-3-4-10(7-16)13(17)18/h6,8-10H,3-5,7H2,1-2H3,(H,17,18). The number of aromatic nitrogens is 2. The van der Waals surface area contributed by atoms with E-state index in [-0.39, 0.29) is 5.92 Å². The number of nitrogens with zero attached hydrogens (tertiary/aromatic N) is 3. The zero-order valence-electron chi connectivity index (χ0n) is 10.8. The van der Waals surface area contributed by atoms with Crippen LogP contribution in [0.3, 0.4) is 0 Å². The number of carbonyl (C=O) groups is 1. The van der Waals surface area contributed by atoms with Crippen LogP contribution in [0.2, 0.25) is 0 Å². The number of rotatable bonds is 3. The number of carboxylic acid groups (broad SMARTS) is 1. The molecule has 0 saturated carbocycles. The highest BCUT2D eigenvalue weighted by atomic mass is 16.4. The SMILES string of the molecule is CC(C)c1cc(N2CCCC(C(=O)O)C2)ncn1. The van der Waals surface area contributed by atoms with E-state index in [0.717, 1.165) is 30.9 Å². The molecule has 1 aliphatic rings. The van der Waals surface area contributed by atoms with Crippen LogP contribution in [0.4, 0.5) is 5.82 Å². The van der Waals surface area contributed by atoms with Gasteiger partial charge in [0.1, 0.15) is 12.1 Å². The Balaban J connectivity index is 2.15. The summed E-state index contributed by atoms with van der Waals surface area (Å²) in [6.45, 7) is 5.59. The molecule has 1 fully saturated rings. The third-order valence-electron chi connectivity index (χ3n) is 3.36. The van der Waals surface area contributed by atoms with Crippen LogP contribution in [0.25, 0.3) is 0 Å². The summed E-state index contributed by atoms with van der Waals surface area (Å²) in [6.07, 6.45) is 3.22. The van der Waals surface area contributed by atoms with Gasteiger partial charge in [0.2, 0.25) is 0 Å². The highest BCUT2D eigenvalue weighted by Crippen LogP contribution is 2.23. The number of hydrogen-bond acceptors (Lipinski definition) is 4. The van der Waals surface area contributed by atoms with Gasteiger partial charge in [0.15, 0.2) is 0 Å². The predicted molar refractivity (Wildman–Crippen MR) is 68.7 cm³/mol. The molecule has 2 rings (SSSR count). The molecule has 1 aromatic rings. The van der Waals surface area contributed by atoms with Crippen molar-refractivity contribution in [3.05, 3.63) is 18.1 Å². The van der Waals surface area contributed by atoms with Crippen molar-refractivity contribution in [2.45, 2.75) is 32.6 Å². The molecule has 0 aliphatic carbocycles. The average molecular weight is 249 g/mol. The number of anilines is 1. The molecular formula is C13H19N3O2. The number of carboxylic acids is 1. The van der Waals surface area contributed by atoms with Gasteiger partial charge in [-0.1, -0.05) is 13.8 Å². The van der Waals surface area contributed by atoms with Gasteiger partial charge in [0.05, 0.1) is 5.92 Å². The van der Waals surface area contributed by atoms with E-state index in [9.17, 15) is 4.79 Å². The number of piperidine rings is 1. The van der Waals surface area contributed by atoms with Crippen molar-refractivity contribution in [2.75, 3.05) is 18.0 Å². The maximum atomic E-state index is 11.0. The quantitative estimate of drug-likeness (QED) is 0.886. The van der Waals surface area contributed by atoms with Crippen molar-refractivity contribution >= 4 is 11.8 Å². The third kappa shape index (κ3) is 2.78. The number of aliphatic carboxylic acids is 1. The molecule has 1 unspecified atom stereocenters. The molecule has 98 valence electrons. The fourth-order valence-electron chi connectivity index (χ4n) is 2.24. The Bertz CT molecular complexity index is 434. The summed E-state index contributed by atoms with van der Waals surface area (Å²) in [5.74, 6) is 0.209. The molecule has 1 aliphatic heterocycles. The highest BCUT2D eigenvalue weighted by Gasteiger charge is 2.26. The van der Waals surface area contributed by atoms with Crippen molar-refractivity contribution < 1.29 is 9.90 Å². The Labute approximate surface area is 107 Å². The lowest BCUT2D eigenvalue weighted by atomic mass is 9.98. The summed E-state index contributed by atoms with van der Waals surface area (Å²) in [5.41, 5.74) is 0.998. The summed E-state index contributed by atoms with van der Waals surface area (Å²) in [6, 6.07) is 1.97. The minimum absolute atomic E-state index is 0.281. The van der Waals surface area contributed by atoms with E-state index in [4.69, 9.17) is 5.11 Å². The fourth-order valence-corrected chi connectivity index (χ4v) is 2.24. The van der Waals surface area contributed by atoms with Crippen LogP contribution in [0, 0.1) is 5.92 Å². The van der Waals surface area contributed by atoms with Gasteiger partial charge in [-0.15, -0.1) is 0 Å². The van der Waals surface area contributed by atoms with Crippen molar-refractivity contribution in [3.63, 3.8) is 0 Å². The van der Waals surface area contributed by atoms with Crippen LogP contribution in [0.15, 0.2) is 12.4 Å². The molecule has 1 aromatic heterocycles. The maximum Gasteiger partial charge on any atom is 0.308 e. The molecule has 0 spiro atoms. The third-order valence-corrected chi connectivity index (χ3v) is 3.36. The molecule has 5 heteroatoms. The maximum absolute atomic E-state index is 11.0. The second-order valence-corrected chi connectivity index (χ2v) is 5.08. The Kier molecular flexibility index (Phi) is 3.79. The van der Waals surface area contributed by atoms with Gasteiger partial charge in [0, 0.05) is 24.8 Å². The van der Waals surface area contributed by atoms with E-state index in [1.54, 1.807) is 6.33 Å². The van der Waals surface area contributed by atoms with E-state index in [2.05, 4.69) is 28.7 Å². The van der Waals surface area contributed by atoms with Gasteiger partial charge >= 0.3 is 5.97 Å². The van der Waals surface area contributed by atoms with Gasteiger partial charge < -0.3 is 10.0 Å². The molecule has 18 heavy (non-hydrogen) atoms. The normalized spacial score (nSPS) is 20.2. The van der Waals surface area contributed by atoms with Gasteiger partial charge in [-0.25, -0.2) is 9.97 Å². The van der Waals surface area contributed by atoms with E-state index in [1.165, 1.54) is 0 Å². The van der Waals surface area contributed by atoms with Crippen LogP contribution in [-0.2, 0) is 4.79 Å². The molecule has 0 aromatic carbocycles. The lowest BCUT2D eigenvalue weighted by Crippen LogP contribution is -2.39. The summed E-state index contributed by atoms with van der Waals surface area (Å²) in [5, 5.41) is 9.09. The molecule has 1 saturated heterocycles. The Morgan fingerprint density at radius 3 is 2.94 bits per heavy atom. The van der Waals surface area contributed by atoms with Gasteiger partial charge in [-0.05, 0) is 18.8 Å². The van der Waals surface area contributed by atoms with Crippen molar-refractivity contribution in [1.29, 1.82) is 0 Å². The van der Waals surface area contributed by atoms with Gasteiger partial charge in [-0.3, -0.25) is 4.79 Å². The van der Waals surface area contributed by atoms with Crippen LogP contribution < -0.4 is 4.90 Å². The smallest absolute Gasteiger partial charge is 0.308 e. The molecular weight excluding hydrogens is 230 g/mol. The van der Waals surface area contributed by atoms with Gasteiger partial charge in [-0.2, -0.15) is 0 Å². The zero-order chi connectivity index (χ0) is 13.1. The zero-order valence-corrected chi connectivity index (χ0v) is 10.8. The highest BCUT2D eigenvalue weighted by molar-refractivity contribution is 5.71. The average Bonchev–Trinajstić information content (AvgIpc) is 2.39. The molecule has 1 N–H and O–H groups in total. The largest absolute Gasteiger partial charge is 0.481 e. The predicted octanol–water partition coefficient (Wildman–Crippen LogP) is 1.90. The van der Waals surface area contributed by atoms with Crippen LogP contribution in [0.5, 0.6) is 0 Å². The second-order valence-electron chi connectivity index (χ2n) is 5.08. The monoisotopic (exact) mass is 249 g/mol. The molecule has 2 heterocycles. The van der Waals surface area contributed by atoms with E-state index >= 15 is 0 Å². The van der Waals surface area contributed by atoms with Crippen molar-refractivity contribution in [2.24, 2.45) is 5.92 Å². The Morgan fingerprint density at radius 2 is 2.28 bits per heavy atom. The van der Waals surface area contributed by atoms with Crippen molar-refractivity contribution in [3.8, 4) is 0 Å². The summed E-state index contributed by atoms with van der Waals surface area (Å²) < 4.78 is 0. The molecule has 0 bridgehead atoms. The van der Waals surface area contributed by atoms with Crippen LogP contribution >= 0.6 is 0 Å².